The molecule has 0 spiro atoms. The van der Waals surface area contributed by atoms with E-state index in [1.54, 1.807) is 0 Å². The van der Waals surface area contributed by atoms with E-state index in [2.05, 4.69) is 9.36 Å². The van der Waals surface area contributed by atoms with E-state index in [9.17, 15) is 19.3 Å². The summed E-state index contributed by atoms with van der Waals surface area (Å²) in [6.07, 6.45) is 1.27. The van der Waals surface area contributed by atoms with Crippen LogP contribution in [-0.2, 0) is 0 Å². The number of halogens is 1. The van der Waals surface area contributed by atoms with Crippen LogP contribution in [0.25, 0.3) is 0 Å². The van der Waals surface area contributed by atoms with Crippen molar-refractivity contribution in [3.05, 3.63) is 40.0 Å². The first kappa shape index (κ1) is 13.4. The highest BCUT2D eigenvalue weighted by Crippen LogP contribution is 2.34. The summed E-state index contributed by atoms with van der Waals surface area (Å²) in [7, 11) is 0. The van der Waals surface area contributed by atoms with E-state index in [0.29, 0.717) is 10.4 Å². The van der Waals surface area contributed by atoms with Crippen molar-refractivity contribution in [1.82, 2.24) is 9.36 Å². The van der Waals surface area contributed by atoms with Gasteiger partial charge in [-0.05, 0) is 17.6 Å². The highest BCUT2D eigenvalue weighted by molar-refractivity contribution is 8.01. The normalized spacial score (nSPS) is 10.4. The molecule has 1 heterocycles. The number of aromatic carboxylic acids is 1. The lowest BCUT2D eigenvalue weighted by atomic mass is 10.2. The van der Waals surface area contributed by atoms with Gasteiger partial charge in [0.15, 0.2) is 4.34 Å². The molecule has 0 fully saturated rings. The van der Waals surface area contributed by atoms with Crippen molar-refractivity contribution < 1.29 is 19.2 Å². The van der Waals surface area contributed by atoms with Crippen LogP contribution in [-0.4, -0.2) is 25.4 Å². The fourth-order valence-electron chi connectivity index (χ4n) is 1.25. The summed E-state index contributed by atoms with van der Waals surface area (Å²) in [6.45, 7) is 0. The Morgan fingerprint density at radius 3 is 2.79 bits per heavy atom. The van der Waals surface area contributed by atoms with Crippen molar-refractivity contribution in [2.45, 2.75) is 9.24 Å². The second-order valence-electron chi connectivity index (χ2n) is 3.17. The molecular formula is C9H4FN3O4S2. The fraction of sp³-hybridized carbons (Fsp3) is 0. The summed E-state index contributed by atoms with van der Waals surface area (Å²) in [6, 6.07) is 1.51. The van der Waals surface area contributed by atoms with Gasteiger partial charge in [0, 0.05) is 0 Å². The van der Waals surface area contributed by atoms with E-state index < -0.39 is 28.0 Å². The number of nitro benzene ring substituents is 1. The van der Waals surface area contributed by atoms with Crippen LogP contribution in [0.15, 0.2) is 27.7 Å². The molecule has 2 rings (SSSR count). The van der Waals surface area contributed by atoms with Gasteiger partial charge in [-0.2, -0.15) is 4.37 Å². The minimum Gasteiger partial charge on any atom is -0.477 e. The van der Waals surface area contributed by atoms with Gasteiger partial charge in [0.05, 0.1) is 15.9 Å². The number of carbonyl (C=O) groups is 1. The van der Waals surface area contributed by atoms with E-state index in [4.69, 9.17) is 5.11 Å². The third kappa shape index (κ3) is 2.85. The van der Waals surface area contributed by atoms with Crippen LogP contribution in [0, 0.1) is 15.9 Å². The lowest BCUT2D eigenvalue weighted by Gasteiger charge is -2.03. The minimum absolute atomic E-state index is 0.0558. The number of carboxylic acids is 1. The van der Waals surface area contributed by atoms with Crippen LogP contribution in [0.4, 0.5) is 10.1 Å². The maximum absolute atomic E-state index is 13.7. The van der Waals surface area contributed by atoms with Crippen LogP contribution < -0.4 is 0 Å². The first-order chi connectivity index (χ1) is 8.99. The summed E-state index contributed by atoms with van der Waals surface area (Å²) >= 11 is 1.86. The zero-order valence-corrected chi connectivity index (χ0v) is 10.6. The van der Waals surface area contributed by atoms with Crippen molar-refractivity contribution in [1.29, 1.82) is 0 Å². The van der Waals surface area contributed by atoms with Crippen LogP contribution in [0.2, 0.25) is 0 Å². The van der Waals surface area contributed by atoms with Gasteiger partial charge < -0.3 is 5.11 Å². The predicted octanol–water partition coefficient (Wildman–Crippen LogP) is 2.43. The Kier molecular flexibility index (Phi) is 3.71. The molecule has 2 aromatic rings. The number of rotatable bonds is 4. The summed E-state index contributed by atoms with van der Waals surface area (Å²) < 4.78 is 17.8. The predicted molar refractivity (Wildman–Crippen MR) is 64.0 cm³/mol. The Morgan fingerprint density at radius 2 is 2.26 bits per heavy atom. The maximum atomic E-state index is 13.7. The summed E-state index contributed by atoms with van der Waals surface area (Å²) in [4.78, 5) is 24.4. The molecule has 98 valence electrons. The highest BCUT2D eigenvalue weighted by atomic mass is 32.2. The molecule has 1 aromatic carbocycles. The third-order valence-electron chi connectivity index (χ3n) is 2.02. The minimum atomic E-state index is -1.49. The average Bonchev–Trinajstić information content (AvgIpc) is 2.83. The molecule has 0 unspecified atom stereocenters. The van der Waals surface area contributed by atoms with Gasteiger partial charge in [-0.1, -0.05) is 11.8 Å². The van der Waals surface area contributed by atoms with Gasteiger partial charge in [-0.15, -0.1) is 0 Å². The Labute approximate surface area is 113 Å². The summed E-state index contributed by atoms with van der Waals surface area (Å²) in [5.74, 6) is -2.37. The van der Waals surface area contributed by atoms with E-state index in [0.717, 1.165) is 29.4 Å². The third-order valence-corrected chi connectivity index (χ3v) is 3.76. The zero-order valence-electron chi connectivity index (χ0n) is 8.94. The molecule has 10 heteroatoms. The molecule has 0 saturated heterocycles. The largest absolute Gasteiger partial charge is 0.477 e. The molecule has 0 bridgehead atoms. The summed E-state index contributed by atoms with van der Waals surface area (Å²) in [5.41, 5.74) is -1.36. The van der Waals surface area contributed by atoms with Crippen LogP contribution >= 0.6 is 23.3 Å². The van der Waals surface area contributed by atoms with Crippen molar-refractivity contribution in [3.8, 4) is 0 Å². The van der Waals surface area contributed by atoms with Gasteiger partial charge in [0.2, 0.25) is 0 Å². The Balaban J connectivity index is 2.48. The van der Waals surface area contributed by atoms with E-state index in [-0.39, 0.29) is 4.90 Å². The van der Waals surface area contributed by atoms with Gasteiger partial charge in [-0.25, -0.2) is 14.2 Å². The quantitative estimate of drug-likeness (QED) is 0.682. The Bertz CT molecular complexity index is 647. The average molecular weight is 301 g/mol. The first-order valence-electron chi connectivity index (χ1n) is 4.65. The monoisotopic (exact) mass is 301 g/mol. The molecular weight excluding hydrogens is 297 g/mol. The van der Waals surface area contributed by atoms with Crippen LogP contribution in [0.3, 0.4) is 0 Å². The van der Waals surface area contributed by atoms with Crippen molar-refractivity contribution in [2.75, 3.05) is 0 Å². The molecule has 0 radical (unpaired) electrons. The van der Waals surface area contributed by atoms with Crippen molar-refractivity contribution in [3.63, 3.8) is 0 Å². The van der Waals surface area contributed by atoms with Crippen LogP contribution in [0.5, 0.6) is 0 Å². The lowest BCUT2D eigenvalue weighted by Crippen LogP contribution is -2.04. The topological polar surface area (TPSA) is 106 Å². The number of nitrogens with zero attached hydrogens (tertiary/aromatic N) is 3. The molecule has 0 saturated carbocycles. The van der Waals surface area contributed by atoms with E-state index in [1.807, 2.05) is 0 Å². The SMILES string of the molecule is O=C(O)c1cc(Sc2ncns2)c(F)cc1[N+](=O)[O-]. The second-order valence-corrected chi connectivity index (χ2v) is 5.24. The smallest absolute Gasteiger partial charge is 0.342 e. The molecule has 7 nitrogen and oxygen atoms in total. The fourth-order valence-corrected chi connectivity index (χ4v) is 2.69. The molecule has 19 heavy (non-hydrogen) atoms. The molecule has 0 aliphatic carbocycles. The van der Waals surface area contributed by atoms with Gasteiger partial charge >= 0.3 is 5.97 Å². The number of aromatic nitrogens is 2. The van der Waals surface area contributed by atoms with E-state index >= 15 is 0 Å². The standard InChI is InChI=1S/C9H4FN3O4S2/c10-5-2-6(13(16)17)4(8(14)15)1-7(5)18-9-11-3-12-19-9/h1-3H,(H,14,15). The molecule has 0 aliphatic rings. The van der Waals surface area contributed by atoms with E-state index in [1.165, 1.54) is 6.33 Å². The lowest BCUT2D eigenvalue weighted by molar-refractivity contribution is -0.385. The van der Waals surface area contributed by atoms with Crippen LogP contribution in [0.1, 0.15) is 10.4 Å². The molecule has 1 aromatic heterocycles. The van der Waals surface area contributed by atoms with Crippen molar-refractivity contribution >= 4 is 35.0 Å². The Hall–Kier alpha value is -2.07. The molecule has 0 aliphatic heterocycles. The molecule has 1 N–H and O–H groups in total. The second kappa shape index (κ2) is 5.28. The number of hydrogen-bond acceptors (Lipinski definition) is 7. The zero-order chi connectivity index (χ0) is 14.0. The maximum Gasteiger partial charge on any atom is 0.342 e. The first-order valence-corrected chi connectivity index (χ1v) is 6.24. The van der Waals surface area contributed by atoms with Gasteiger partial charge in [-0.3, -0.25) is 10.1 Å². The highest BCUT2D eigenvalue weighted by Gasteiger charge is 2.23. The van der Waals surface area contributed by atoms with Crippen molar-refractivity contribution in [2.24, 2.45) is 0 Å². The van der Waals surface area contributed by atoms with Gasteiger partial charge in [0.25, 0.3) is 5.69 Å². The number of benzene rings is 1. The number of nitro groups is 1. The summed E-state index contributed by atoms with van der Waals surface area (Å²) in [5, 5.41) is 19.5. The molecule has 0 amide bonds. The number of hydrogen-bond donors (Lipinski definition) is 1. The Morgan fingerprint density at radius 1 is 1.53 bits per heavy atom. The van der Waals surface area contributed by atoms with Gasteiger partial charge in [0.1, 0.15) is 17.7 Å². The number of carboxylic acid groups (broad SMARTS) is 1. The molecule has 0 atom stereocenters.